The lowest BCUT2D eigenvalue weighted by Gasteiger charge is -2.38. The molecule has 0 aromatic carbocycles. The van der Waals surface area contributed by atoms with Crippen molar-refractivity contribution < 1.29 is 5.11 Å². The predicted octanol–water partition coefficient (Wildman–Crippen LogP) is 4.50. The fourth-order valence-corrected chi connectivity index (χ4v) is 3.87. The van der Waals surface area contributed by atoms with E-state index in [-0.39, 0.29) is 6.10 Å². The zero-order valence-corrected chi connectivity index (χ0v) is 12.7. The van der Waals surface area contributed by atoms with Gasteiger partial charge in [0.25, 0.3) is 0 Å². The van der Waals surface area contributed by atoms with Crippen LogP contribution in [0.1, 0.15) is 52.0 Å². The molecular weight excluding hydrogens is 240 g/mol. The van der Waals surface area contributed by atoms with Crippen molar-refractivity contribution in [2.24, 2.45) is 17.3 Å². The molecule has 2 rings (SSSR count). The van der Waals surface area contributed by atoms with Gasteiger partial charge < -0.3 is 5.11 Å². The third kappa shape index (κ3) is 3.58. The molecule has 0 spiro atoms. The van der Waals surface area contributed by atoms with Crippen LogP contribution in [0.15, 0.2) is 16.8 Å². The highest BCUT2D eigenvalue weighted by Gasteiger charge is 2.32. The monoisotopic (exact) mass is 266 g/mol. The number of hydrogen-bond acceptors (Lipinski definition) is 2. The maximum atomic E-state index is 10.3. The second kappa shape index (κ2) is 5.75. The number of aliphatic hydroxyl groups excluding tert-OH is 1. The molecule has 2 heteroatoms. The van der Waals surface area contributed by atoms with Crippen LogP contribution in [0.25, 0.3) is 0 Å². The molecule has 1 nitrogen and oxygen atoms in total. The molecular formula is C16H26OS. The van der Waals surface area contributed by atoms with Crippen molar-refractivity contribution in [3.8, 4) is 0 Å². The molecule has 1 atom stereocenters. The minimum absolute atomic E-state index is 0.138. The molecule has 1 heterocycles. The van der Waals surface area contributed by atoms with Crippen molar-refractivity contribution in [2.45, 2.75) is 59.0 Å². The lowest BCUT2D eigenvalue weighted by atomic mass is 9.68. The summed E-state index contributed by atoms with van der Waals surface area (Å²) >= 11 is 1.72. The molecule has 102 valence electrons. The van der Waals surface area contributed by atoms with Crippen molar-refractivity contribution in [2.75, 3.05) is 0 Å². The highest BCUT2D eigenvalue weighted by Crippen LogP contribution is 2.41. The van der Waals surface area contributed by atoms with Crippen molar-refractivity contribution in [1.29, 1.82) is 0 Å². The maximum Gasteiger partial charge on any atom is 0.0609 e. The Labute approximate surface area is 115 Å². The van der Waals surface area contributed by atoms with Gasteiger partial charge in [-0.3, -0.25) is 0 Å². The predicted molar refractivity (Wildman–Crippen MR) is 78.9 cm³/mol. The molecule has 1 N–H and O–H groups in total. The fourth-order valence-electron chi connectivity index (χ4n) is 3.19. The van der Waals surface area contributed by atoms with E-state index in [2.05, 4.69) is 37.6 Å². The molecule has 0 saturated heterocycles. The zero-order chi connectivity index (χ0) is 13.2. The van der Waals surface area contributed by atoms with Crippen LogP contribution >= 0.6 is 11.3 Å². The lowest BCUT2D eigenvalue weighted by Crippen LogP contribution is -2.31. The Hall–Kier alpha value is -0.340. The first-order valence-corrected chi connectivity index (χ1v) is 8.10. The van der Waals surface area contributed by atoms with Crippen LogP contribution in [0, 0.1) is 17.3 Å². The molecule has 0 amide bonds. The third-order valence-electron chi connectivity index (χ3n) is 4.57. The molecule has 0 aliphatic heterocycles. The molecule has 1 unspecified atom stereocenters. The normalized spacial score (nSPS) is 27.1. The topological polar surface area (TPSA) is 20.2 Å². The van der Waals surface area contributed by atoms with Gasteiger partial charge in [0.05, 0.1) is 6.10 Å². The number of aliphatic hydroxyl groups is 1. The Balaban J connectivity index is 1.82. The Morgan fingerprint density at radius 1 is 1.28 bits per heavy atom. The van der Waals surface area contributed by atoms with Crippen LogP contribution in [0.5, 0.6) is 0 Å². The maximum absolute atomic E-state index is 10.3. The van der Waals surface area contributed by atoms with Crippen LogP contribution in [-0.4, -0.2) is 11.2 Å². The van der Waals surface area contributed by atoms with Gasteiger partial charge in [-0.2, -0.15) is 11.3 Å². The summed E-state index contributed by atoms with van der Waals surface area (Å²) in [5.74, 6) is 1.35. The molecule has 18 heavy (non-hydrogen) atoms. The average molecular weight is 266 g/mol. The number of hydrogen-bond donors (Lipinski definition) is 1. The van der Waals surface area contributed by atoms with E-state index >= 15 is 0 Å². The summed E-state index contributed by atoms with van der Waals surface area (Å²) in [6.07, 6.45) is 5.68. The van der Waals surface area contributed by atoms with Crippen molar-refractivity contribution >= 4 is 11.3 Å². The summed E-state index contributed by atoms with van der Waals surface area (Å²) in [6.45, 7) is 7.04. The van der Waals surface area contributed by atoms with E-state index in [1.807, 2.05) is 0 Å². The molecule has 1 aliphatic rings. The van der Waals surface area contributed by atoms with Gasteiger partial charge >= 0.3 is 0 Å². The summed E-state index contributed by atoms with van der Waals surface area (Å²) in [5.41, 5.74) is 1.73. The van der Waals surface area contributed by atoms with Gasteiger partial charge in [-0.15, -0.1) is 0 Å². The van der Waals surface area contributed by atoms with E-state index in [9.17, 15) is 5.11 Å². The van der Waals surface area contributed by atoms with E-state index in [1.54, 1.807) is 11.3 Å². The van der Waals surface area contributed by atoms with Crippen LogP contribution in [0.2, 0.25) is 0 Å². The summed E-state index contributed by atoms with van der Waals surface area (Å²) in [6, 6.07) is 2.13. The minimum atomic E-state index is -0.138. The minimum Gasteiger partial charge on any atom is -0.392 e. The Morgan fingerprint density at radius 2 is 1.94 bits per heavy atom. The highest BCUT2D eigenvalue weighted by atomic mass is 32.1. The van der Waals surface area contributed by atoms with Crippen LogP contribution in [0.4, 0.5) is 0 Å². The largest absolute Gasteiger partial charge is 0.392 e. The molecule has 1 aromatic rings. The van der Waals surface area contributed by atoms with E-state index in [1.165, 1.54) is 31.2 Å². The van der Waals surface area contributed by atoms with Gasteiger partial charge in [0.1, 0.15) is 0 Å². The number of rotatable bonds is 3. The first-order chi connectivity index (χ1) is 8.47. The third-order valence-corrected chi connectivity index (χ3v) is 5.30. The van der Waals surface area contributed by atoms with Crippen LogP contribution < -0.4 is 0 Å². The molecule has 0 bridgehead atoms. The van der Waals surface area contributed by atoms with Crippen molar-refractivity contribution in [3.05, 3.63) is 22.4 Å². The van der Waals surface area contributed by atoms with Gasteiger partial charge in [0.2, 0.25) is 0 Å². The zero-order valence-electron chi connectivity index (χ0n) is 11.9. The van der Waals surface area contributed by atoms with Gasteiger partial charge in [-0.05, 0) is 71.7 Å². The lowest BCUT2D eigenvalue weighted by molar-refractivity contribution is 0.0537. The SMILES string of the molecule is CC(C)(C)C1CCC(C(O)Cc2ccsc2)CC1. The first-order valence-electron chi connectivity index (χ1n) is 7.16. The van der Waals surface area contributed by atoms with Gasteiger partial charge in [0, 0.05) is 0 Å². The fraction of sp³-hybridized carbons (Fsp3) is 0.750. The second-order valence-corrected chi connectivity index (χ2v) is 7.66. The van der Waals surface area contributed by atoms with Crippen LogP contribution in [-0.2, 0) is 6.42 Å². The first kappa shape index (κ1) is 14.1. The van der Waals surface area contributed by atoms with E-state index in [4.69, 9.17) is 0 Å². The molecule has 1 aromatic heterocycles. The van der Waals surface area contributed by atoms with E-state index in [0.717, 1.165) is 12.3 Å². The summed E-state index contributed by atoms with van der Waals surface area (Å²) < 4.78 is 0. The van der Waals surface area contributed by atoms with Gasteiger partial charge in [0.15, 0.2) is 0 Å². The van der Waals surface area contributed by atoms with Crippen molar-refractivity contribution in [1.82, 2.24) is 0 Å². The van der Waals surface area contributed by atoms with Crippen molar-refractivity contribution in [3.63, 3.8) is 0 Å². The van der Waals surface area contributed by atoms with E-state index in [0.29, 0.717) is 11.3 Å². The standard InChI is InChI=1S/C16H26OS/c1-16(2,3)14-6-4-13(5-7-14)15(17)10-12-8-9-18-11-12/h8-9,11,13-15,17H,4-7,10H2,1-3H3. The smallest absolute Gasteiger partial charge is 0.0609 e. The quantitative estimate of drug-likeness (QED) is 0.854. The molecule has 1 fully saturated rings. The Morgan fingerprint density at radius 3 is 2.44 bits per heavy atom. The Bertz CT molecular complexity index is 342. The molecule has 1 saturated carbocycles. The Kier molecular flexibility index (Phi) is 4.50. The van der Waals surface area contributed by atoms with E-state index < -0.39 is 0 Å². The van der Waals surface area contributed by atoms with Gasteiger partial charge in [-0.1, -0.05) is 20.8 Å². The van der Waals surface area contributed by atoms with Gasteiger partial charge in [-0.25, -0.2) is 0 Å². The van der Waals surface area contributed by atoms with Crippen LogP contribution in [0.3, 0.4) is 0 Å². The summed E-state index contributed by atoms with van der Waals surface area (Å²) in [4.78, 5) is 0. The molecule has 0 radical (unpaired) electrons. The highest BCUT2D eigenvalue weighted by molar-refractivity contribution is 7.07. The second-order valence-electron chi connectivity index (χ2n) is 6.88. The number of thiophene rings is 1. The summed E-state index contributed by atoms with van der Waals surface area (Å²) in [5, 5.41) is 14.6. The summed E-state index contributed by atoms with van der Waals surface area (Å²) in [7, 11) is 0. The average Bonchev–Trinajstić information content (AvgIpc) is 2.81. The molecule has 1 aliphatic carbocycles.